The highest BCUT2D eigenvalue weighted by molar-refractivity contribution is 5.76. The van der Waals surface area contributed by atoms with Crippen LogP contribution in [0.4, 0.5) is 5.69 Å². The zero-order chi connectivity index (χ0) is 14.1. The summed E-state index contributed by atoms with van der Waals surface area (Å²) in [4.78, 5) is 11.7. The van der Waals surface area contributed by atoms with Gasteiger partial charge in [0.2, 0.25) is 5.91 Å². The van der Waals surface area contributed by atoms with Crippen LogP contribution in [0.1, 0.15) is 31.7 Å². The van der Waals surface area contributed by atoms with Crippen LogP contribution in [0, 0.1) is 5.92 Å². The van der Waals surface area contributed by atoms with Crippen molar-refractivity contribution in [1.82, 2.24) is 5.32 Å². The maximum Gasteiger partial charge on any atom is 0.220 e. The van der Waals surface area contributed by atoms with Gasteiger partial charge in [0.05, 0.1) is 0 Å². The summed E-state index contributed by atoms with van der Waals surface area (Å²) >= 11 is 0. The zero-order valence-corrected chi connectivity index (χ0v) is 11.6. The van der Waals surface area contributed by atoms with Gasteiger partial charge in [0.1, 0.15) is 0 Å². The van der Waals surface area contributed by atoms with Crippen molar-refractivity contribution >= 4 is 11.6 Å². The largest absolute Gasteiger partial charge is 0.399 e. The summed E-state index contributed by atoms with van der Waals surface area (Å²) in [5, 5.41) is 11.8. The minimum Gasteiger partial charge on any atom is -0.399 e. The number of nitrogens with two attached hydrogens (primary N) is 1. The van der Waals surface area contributed by atoms with E-state index in [9.17, 15) is 4.79 Å². The van der Waals surface area contributed by atoms with E-state index in [1.165, 1.54) is 0 Å². The Labute approximate surface area is 115 Å². The number of aliphatic hydroxyl groups is 1. The number of rotatable bonds is 8. The molecule has 0 saturated heterocycles. The van der Waals surface area contributed by atoms with E-state index in [0.717, 1.165) is 24.1 Å². The third-order valence-electron chi connectivity index (χ3n) is 3.29. The standard InChI is InChI=1S/C15H24N2O2/c1-2-12(8-9-18)11-17-15(19)7-6-13-4-3-5-14(16)10-13/h3-5,10,12,18H,2,6-9,11,16H2,1H3,(H,17,19). The molecule has 1 atom stereocenters. The normalized spacial score (nSPS) is 12.1. The first-order chi connectivity index (χ1) is 9.15. The van der Waals surface area contributed by atoms with E-state index in [2.05, 4.69) is 12.2 Å². The van der Waals surface area contributed by atoms with Crippen LogP contribution in [0.5, 0.6) is 0 Å². The average Bonchev–Trinajstić information content (AvgIpc) is 2.41. The summed E-state index contributed by atoms with van der Waals surface area (Å²) in [5.41, 5.74) is 7.50. The van der Waals surface area contributed by atoms with Gasteiger partial charge in [-0.2, -0.15) is 0 Å². The Morgan fingerprint density at radius 3 is 2.89 bits per heavy atom. The highest BCUT2D eigenvalue weighted by Gasteiger charge is 2.08. The summed E-state index contributed by atoms with van der Waals surface area (Å²) in [6.07, 6.45) is 2.88. The SMILES string of the molecule is CCC(CCO)CNC(=O)CCc1cccc(N)c1. The number of amides is 1. The van der Waals surface area contributed by atoms with Crippen molar-refractivity contribution in [2.45, 2.75) is 32.6 Å². The minimum absolute atomic E-state index is 0.0545. The van der Waals surface area contributed by atoms with Gasteiger partial charge >= 0.3 is 0 Å². The molecule has 0 heterocycles. The van der Waals surface area contributed by atoms with Gasteiger partial charge < -0.3 is 16.2 Å². The van der Waals surface area contributed by atoms with Crippen molar-refractivity contribution in [3.8, 4) is 0 Å². The maximum atomic E-state index is 11.7. The number of hydrogen-bond donors (Lipinski definition) is 3. The van der Waals surface area contributed by atoms with Gasteiger partial charge in [0.25, 0.3) is 0 Å². The van der Waals surface area contributed by atoms with Crippen LogP contribution in [0.2, 0.25) is 0 Å². The van der Waals surface area contributed by atoms with E-state index in [4.69, 9.17) is 10.8 Å². The molecule has 0 aliphatic carbocycles. The van der Waals surface area contributed by atoms with E-state index < -0.39 is 0 Å². The fourth-order valence-electron chi connectivity index (χ4n) is 1.99. The molecule has 0 aliphatic rings. The van der Waals surface area contributed by atoms with Crippen molar-refractivity contribution in [3.63, 3.8) is 0 Å². The molecular weight excluding hydrogens is 240 g/mol. The highest BCUT2D eigenvalue weighted by atomic mass is 16.3. The fraction of sp³-hybridized carbons (Fsp3) is 0.533. The minimum atomic E-state index is 0.0545. The van der Waals surface area contributed by atoms with E-state index in [-0.39, 0.29) is 12.5 Å². The van der Waals surface area contributed by atoms with E-state index >= 15 is 0 Å². The van der Waals surface area contributed by atoms with Crippen LogP contribution in [0.3, 0.4) is 0 Å². The average molecular weight is 264 g/mol. The van der Waals surface area contributed by atoms with Gasteiger partial charge in [-0.15, -0.1) is 0 Å². The quantitative estimate of drug-likeness (QED) is 0.626. The van der Waals surface area contributed by atoms with Crippen LogP contribution in [-0.2, 0) is 11.2 Å². The molecule has 4 N–H and O–H groups in total. The number of nitrogens with one attached hydrogen (secondary N) is 1. The molecule has 4 heteroatoms. The summed E-state index contributed by atoms with van der Waals surface area (Å²) in [5.74, 6) is 0.417. The van der Waals surface area contributed by atoms with Crippen molar-refractivity contribution < 1.29 is 9.90 Å². The molecular formula is C15H24N2O2. The number of anilines is 1. The first-order valence-corrected chi connectivity index (χ1v) is 6.87. The number of carbonyl (C=O) groups excluding carboxylic acids is 1. The molecule has 1 rings (SSSR count). The topological polar surface area (TPSA) is 75.3 Å². The Kier molecular flexibility index (Phi) is 6.97. The second kappa shape index (κ2) is 8.53. The highest BCUT2D eigenvalue weighted by Crippen LogP contribution is 2.09. The van der Waals surface area contributed by atoms with Crippen molar-refractivity contribution in [3.05, 3.63) is 29.8 Å². The zero-order valence-electron chi connectivity index (χ0n) is 11.6. The lowest BCUT2D eigenvalue weighted by atomic mass is 10.0. The molecule has 0 radical (unpaired) electrons. The molecule has 0 aliphatic heterocycles. The number of benzene rings is 1. The predicted octanol–water partition coefficient (Wildman–Crippen LogP) is 1.73. The van der Waals surface area contributed by atoms with Crippen molar-refractivity contribution in [2.24, 2.45) is 5.92 Å². The monoisotopic (exact) mass is 264 g/mol. The summed E-state index contributed by atoms with van der Waals surface area (Å²) < 4.78 is 0. The predicted molar refractivity (Wildman–Crippen MR) is 77.7 cm³/mol. The first kappa shape index (κ1) is 15.5. The van der Waals surface area contributed by atoms with Gasteiger partial charge in [0.15, 0.2) is 0 Å². The lowest BCUT2D eigenvalue weighted by molar-refractivity contribution is -0.121. The molecule has 106 valence electrons. The first-order valence-electron chi connectivity index (χ1n) is 6.87. The molecule has 0 aromatic heterocycles. The second-order valence-corrected chi connectivity index (χ2v) is 4.84. The molecule has 0 bridgehead atoms. The van der Waals surface area contributed by atoms with Gasteiger partial charge in [-0.05, 0) is 36.5 Å². The number of hydrogen-bond acceptors (Lipinski definition) is 3. The van der Waals surface area contributed by atoms with Crippen LogP contribution >= 0.6 is 0 Å². The van der Waals surface area contributed by atoms with Gasteiger partial charge in [-0.25, -0.2) is 0 Å². The smallest absolute Gasteiger partial charge is 0.220 e. The summed E-state index contributed by atoms with van der Waals surface area (Å²) in [6.45, 7) is 2.89. The van der Waals surface area contributed by atoms with Crippen molar-refractivity contribution in [1.29, 1.82) is 0 Å². The second-order valence-electron chi connectivity index (χ2n) is 4.84. The molecule has 0 saturated carbocycles. The summed E-state index contributed by atoms with van der Waals surface area (Å²) in [6, 6.07) is 7.61. The molecule has 0 fully saturated rings. The van der Waals surface area contributed by atoms with Crippen molar-refractivity contribution in [2.75, 3.05) is 18.9 Å². The third kappa shape index (κ3) is 6.25. The molecule has 1 unspecified atom stereocenters. The van der Waals surface area contributed by atoms with E-state index in [0.29, 0.717) is 25.3 Å². The molecule has 1 aromatic rings. The molecule has 1 amide bonds. The third-order valence-corrected chi connectivity index (χ3v) is 3.29. The number of nitrogen functional groups attached to an aromatic ring is 1. The van der Waals surface area contributed by atoms with Crippen LogP contribution in [0.15, 0.2) is 24.3 Å². The number of aryl methyl sites for hydroxylation is 1. The Morgan fingerprint density at radius 2 is 2.26 bits per heavy atom. The van der Waals surface area contributed by atoms with Crippen LogP contribution in [0.25, 0.3) is 0 Å². The molecule has 4 nitrogen and oxygen atoms in total. The Bertz CT molecular complexity index is 393. The Morgan fingerprint density at radius 1 is 1.47 bits per heavy atom. The van der Waals surface area contributed by atoms with Gasteiger partial charge in [-0.1, -0.05) is 25.5 Å². The molecule has 1 aromatic carbocycles. The number of aliphatic hydroxyl groups excluding tert-OH is 1. The van der Waals surface area contributed by atoms with Gasteiger partial charge in [0, 0.05) is 25.3 Å². The Hall–Kier alpha value is -1.55. The lowest BCUT2D eigenvalue weighted by Crippen LogP contribution is -2.29. The van der Waals surface area contributed by atoms with E-state index in [1.54, 1.807) is 0 Å². The molecule has 19 heavy (non-hydrogen) atoms. The van der Waals surface area contributed by atoms with Crippen LogP contribution < -0.4 is 11.1 Å². The van der Waals surface area contributed by atoms with Gasteiger partial charge in [-0.3, -0.25) is 4.79 Å². The van der Waals surface area contributed by atoms with Crippen LogP contribution in [-0.4, -0.2) is 24.2 Å². The summed E-state index contributed by atoms with van der Waals surface area (Å²) in [7, 11) is 0. The Balaban J connectivity index is 2.28. The maximum absolute atomic E-state index is 11.7. The molecule has 0 spiro atoms. The lowest BCUT2D eigenvalue weighted by Gasteiger charge is -2.14. The number of carbonyl (C=O) groups is 1. The van der Waals surface area contributed by atoms with E-state index in [1.807, 2.05) is 24.3 Å². The fourth-order valence-corrected chi connectivity index (χ4v) is 1.99.